The number of carbonyl (C=O) groups is 1. The molecule has 0 saturated carbocycles. The SMILES string of the molecule is O=C1Nc2ccc(Br)cc2[C@]12Oc1ccccc1[C@H]1CC(c3ccccc3)=NN12. The number of benzene rings is 3. The fourth-order valence-corrected chi connectivity index (χ4v) is 4.83. The summed E-state index contributed by atoms with van der Waals surface area (Å²) in [7, 11) is 0. The van der Waals surface area contributed by atoms with Crippen molar-refractivity contribution in [2.24, 2.45) is 5.10 Å². The minimum absolute atomic E-state index is 0.0779. The molecule has 0 bridgehead atoms. The van der Waals surface area contributed by atoms with Crippen molar-refractivity contribution in [2.45, 2.75) is 18.2 Å². The number of hydrazone groups is 1. The molecule has 6 heteroatoms. The van der Waals surface area contributed by atoms with Crippen molar-refractivity contribution in [1.29, 1.82) is 0 Å². The molecule has 5 nitrogen and oxygen atoms in total. The number of fused-ring (bicyclic) bond motifs is 6. The first-order valence-corrected chi connectivity index (χ1v) is 10.3. The number of amides is 1. The van der Waals surface area contributed by atoms with E-state index in [1.807, 2.05) is 59.6 Å². The van der Waals surface area contributed by atoms with Crippen molar-refractivity contribution < 1.29 is 9.53 Å². The summed E-state index contributed by atoms with van der Waals surface area (Å²) in [5.41, 5.74) is 3.25. The lowest BCUT2D eigenvalue weighted by Crippen LogP contribution is -2.55. The fraction of sp³-hybridized carbons (Fsp3) is 0.130. The smallest absolute Gasteiger partial charge is 0.306 e. The van der Waals surface area contributed by atoms with E-state index in [4.69, 9.17) is 9.84 Å². The number of para-hydroxylation sites is 1. The van der Waals surface area contributed by atoms with E-state index < -0.39 is 5.72 Å². The van der Waals surface area contributed by atoms with Gasteiger partial charge >= 0.3 is 5.72 Å². The largest absolute Gasteiger partial charge is 0.453 e. The van der Waals surface area contributed by atoms with Crippen LogP contribution in [-0.4, -0.2) is 16.6 Å². The summed E-state index contributed by atoms with van der Waals surface area (Å²) in [6.07, 6.45) is 0.711. The molecule has 1 amide bonds. The number of nitrogens with one attached hydrogen (secondary N) is 1. The third kappa shape index (κ3) is 2.26. The third-order valence-corrected chi connectivity index (χ3v) is 6.27. The van der Waals surface area contributed by atoms with Gasteiger partial charge in [0.05, 0.1) is 23.0 Å². The van der Waals surface area contributed by atoms with E-state index >= 15 is 0 Å². The number of hydrogen-bond acceptors (Lipinski definition) is 4. The van der Waals surface area contributed by atoms with Crippen molar-refractivity contribution in [1.82, 2.24) is 5.01 Å². The molecule has 0 aliphatic carbocycles. The molecule has 1 N–H and O–H groups in total. The molecule has 0 unspecified atom stereocenters. The number of halogens is 1. The molecular weight excluding hydrogens is 430 g/mol. The molecule has 3 heterocycles. The molecule has 3 aliphatic rings. The molecule has 2 atom stereocenters. The van der Waals surface area contributed by atoms with Crippen LogP contribution >= 0.6 is 15.9 Å². The lowest BCUT2D eigenvalue weighted by molar-refractivity contribution is -0.161. The molecule has 0 saturated heterocycles. The maximum atomic E-state index is 13.4. The first kappa shape index (κ1) is 16.8. The van der Waals surface area contributed by atoms with E-state index in [2.05, 4.69) is 39.4 Å². The van der Waals surface area contributed by atoms with E-state index in [9.17, 15) is 4.79 Å². The van der Waals surface area contributed by atoms with Crippen molar-refractivity contribution >= 4 is 33.2 Å². The van der Waals surface area contributed by atoms with Crippen molar-refractivity contribution in [3.63, 3.8) is 0 Å². The van der Waals surface area contributed by atoms with E-state index in [0.29, 0.717) is 6.42 Å². The summed E-state index contributed by atoms with van der Waals surface area (Å²) in [5, 5.41) is 9.78. The van der Waals surface area contributed by atoms with Crippen LogP contribution in [0, 0.1) is 0 Å². The Hall–Kier alpha value is -3.12. The topological polar surface area (TPSA) is 53.9 Å². The molecule has 0 fully saturated rings. The Morgan fingerprint density at radius 2 is 1.86 bits per heavy atom. The second-order valence-corrected chi connectivity index (χ2v) is 8.32. The van der Waals surface area contributed by atoms with Gasteiger partial charge in [0, 0.05) is 16.5 Å². The first-order chi connectivity index (χ1) is 14.2. The molecule has 6 rings (SSSR count). The monoisotopic (exact) mass is 445 g/mol. The normalized spacial score (nSPS) is 23.8. The van der Waals surface area contributed by atoms with Gasteiger partial charge in [-0.25, -0.2) is 5.01 Å². The molecule has 142 valence electrons. The van der Waals surface area contributed by atoms with Gasteiger partial charge in [-0.1, -0.05) is 64.5 Å². The Balaban J connectivity index is 1.59. The summed E-state index contributed by atoms with van der Waals surface area (Å²) in [5.74, 6) is 0.504. The van der Waals surface area contributed by atoms with Gasteiger partial charge in [0.15, 0.2) is 0 Å². The molecule has 3 aromatic rings. The minimum atomic E-state index is -1.32. The van der Waals surface area contributed by atoms with Crippen molar-refractivity contribution in [2.75, 3.05) is 5.32 Å². The van der Waals surface area contributed by atoms with Crippen LogP contribution in [0.25, 0.3) is 0 Å². The highest BCUT2D eigenvalue weighted by Gasteiger charge is 2.60. The molecule has 29 heavy (non-hydrogen) atoms. The molecule has 0 aromatic heterocycles. The maximum absolute atomic E-state index is 13.4. The van der Waals surface area contributed by atoms with Gasteiger partial charge in [0.25, 0.3) is 5.91 Å². The van der Waals surface area contributed by atoms with Crippen molar-refractivity contribution in [3.8, 4) is 5.75 Å². The number of ether oxygens (including phenoxy) is 1. The average molecular weight is 446 g/mol. The quantitative estimate of drug-likeness (QED) is 0.585. The highest BCUT2D eigenvalue weighted by Crippen LogP contribution is 2.54. The van der Waals surface area contributed by atoms with Crippen LogP contribution in [0.15, 0.2) is 82.4 Å². The van der Waals surface area contributed by atoms with Gasteiger partial charge in [0.1, 0.15) is 5.75 Å². The number of rotatable bonds is 1. The second kappa shape index (κ2) is 5.94. The highest BCUT2D eigenvalue weighted by molar-refractivity contribution is 9.10. The Bertz CT molecular complexity index is 1190. The zero-order chi connectivity index (χ0) is 19.6. The average Bonchev–Trinajstić information content (AvgIpc) is 3.31. The molecule has 3 aromatic carbocycles. The second-order valence-electron chi connectivity index (χ2n) is 7.41. The van der Waals surface area contributed by atoms with E-state index in [1.165, 1.54) is 0 Å². The van der Waals surface area contributed by atoms with Crippen LogP contribution in [0.2, 0.25) is 0 Å². The van der Waals surface area contributed by atoms with Crippen LogP contribution in [0.3, 0.4) is 0 Å². The van der Waals surface area contributed by atoms with Gasteiger partial charge in [-0.15, -0.1) is 0 Å². The number of hydrogen-bond donors (Lipinski definition) is 1. The van der Waals surface area contributed by atoms with Gasteiger partial charge in [-0.05, 0) is 29.8 Å². The summed E-state index contributed by atoms with van der Waals surface area (Å²) in [4.78, 5) is 13.4. The van der Waals surface area contributed by atoms with E-state index in [1.54, 1.807) is 0 Å². The molecule has 0 radical (unpaired) electrons. The van der Waals surface area contributed by atoms with Gasteiger partial charge in [0.2, 0.25) is 0 Å². The summed E-state index contributed by atoms with van der Waals surface area (Å²) in [6.45, 7) is 0. The van der Waals surface area contributed by atoms with Crippen LogP contribution in [0.1, 0.15) is 29.2 Å². The number of anilines is 1. The molecule has 3 aliphatic heterocycles. The predicted octanol–water partition coefficient (Wildman–Crippen LogP) is 4.80. The van der Waals surface area contributed by atoms with Gasteiger partial charge in [-0.3, -0.25) is 4.79 Å². The standard InChI is InChI=1S/C23H16BrN3O2/c24-15-10-11-18-17(12-15)23(22(28)25-18)27-20(16-8-4-5-9-21(16)29-23)13-19(26-27)14-6-2-1-3-7-14/h1-12,20H,13H2,(H,25,28)/t20-,23+/m1/s1. The summed E-state index contributed by atoms with van der Waals surface area (Å²) in [6, 6.07) is 23.7. The summed E-state index contributed by atoms with van der Waals surface area (Å²) < 4.78 is 7.34. The summed E-state index contributed by atoms with van der Waals surface area (Å²) >= 11 is 3.54. The zero-order valence-corrected chi connectivity index (χ0v) is 16.9. The lowest BCUT2D eigenvalue weighted by Gasteiger charge is -2.44. The highest BCUT2D eigenvalue weighted by atomic mass is 79.9. The van der Waals surface area contributed by atoms with E-state index in [0.717, 1.165) is 38.3 Å². The maximum Gasteiger partial charge on any atom is 0.306 e. The first-order valence-electron chi connectivity index (χ1n) is 9.48. The Morgan fingerprint density at radius 1 is 1.07 bits per heavy atom. The van der Waals surface area contributed by atoms with Crippen LogP contribution in [-0.2, 0) is 10.5 Å². The van der Waals surface area contributed by atoms with Crippen molar-refractivity contribution in [3.05, 3.63) is 94.0 Å². The lowest BCUT2D eigenvalue weighted by atomic mass is 9.92. The van der Waals surface area contributed by atoms with Crippen LogP contribution < -0.4 is 10.1 Å². The van der Waals surface area contributed by atoms with Gasteiger partial charge in [-0.2, -0.15) is 5.10 Å². The Morgan fingerprint density at radius 3 is 2.72 bits per heavy atom. The third-order valence-electron chi connectivity index (χ3n) is 5.78. The predicted molar refractivity (Wildman–Crippen MR) is 114 cm³/mol. The Labute approximate surface area is 176 Å². The van der Waals surface area contributed by atoms with Gasteiger partial charge < -0.3 is 10.1 Å². The van der Waals surface area contributed by atoms with Crippen LogP contribution in [0.5, 0.6) is 5.75 Å². The van der Waals surface area contributed by atoms with Crippen LogP contribution in [0.4, 0.5) is 5.69 Å². The molecular formula is C23H16BrN3O2. The fourth-order valence-electron chi connectivity index (χ4n) is 4.47. The Kier molecular flexibility index (Phi) is 3.44. The number of carbonyl (C=O) groups excluding carboxylic acids is 1. The molecule has 1 spiro atoms. The minimum Gasteiger partial charge on any atom is -0.453 e. The number of nitrogens with zero attached hydrogens (tertiary/aromatic N) is 2. The zero-order valence-electron chi connectivity index (χ0n) is 15.3. The van der Waals surface area contributed by atoms with E-state index in [-0.39, 0.29) is 11.9 Å².